The number of hydrogen-bond acceptors (Lipinski definition) is 7. The number of ether oxygens (including phenoxy) is 2. The lowest BCUT2D eigenvalue weighted by atomic mass is 10.1. The molecule has 3 aromatic rings. The SMILES string of the molecule is COc1cccc(Oc2ccc(CNC(=O)[C@H](O)[C@@H](O)C(=O)N3CCN(c4ccccc4)CC3)cc2)c1. The molecule has 0 aromatic heterocycles. The van der Waals surface area contributed by atoms with E-state index in [4.69, 9.17) is 9.47 Å². The lowest BCUT2D eigenvalue weighted by molar-refractivity contribution is -0.153. The summed E-state index contributed by atoms with van der Waals surface area (Å²) in [6.45, 7) is 2.10. The monoisotopic (exact) mass is 505 g/mol. The van der Waals surface area contributed by atoms with Crippen LogP contribution in [0.4, 0.5) is 5.69 Å². The average molecular weight is 506 g/mol. The molecule has 2 atom stereocenters. The largest absolute Gasteiger partial charge is 0.497 e. The number of piperazine rings is 1. The van der Waals surface area contributed by atoms with Crippen molar-refractivity contribution in [3.05, 3.63) is 84.4 Å². The van der Waals surface area contributed by atoms with E-state index in [1.807, 2.05) is 48.5 Å². The topological polar surface area (TPSA) is 112 Å². The van der Waals surface area contributed by atoms with E-state index < -0.39 is 24.0 Å². The van der Waals surface area contributed by atoms with Gasteiger partial charge in [-0.3, -0.25) is 9.59 Å². The van der Waals surface area contributed by atoms with E-state index in [0.29, 0.717) is 43.4 Å². The number of carbonyl (C=O) groups excluding carboxylic acids is 2. The number of aliphatic hydroxyl groups excluding tert-OH is 2. The third-order valence-corrected chi connectivity index (χ3v) is 6.20. The third-order valence-electron chi connectivity index (χ3n) is 6.20. The zero-order chi connectivity index (χ0) is 26.2. The van der Waals surface area contributed by atoms with Crippen molar-refractivity contribution in [2.45, 2.75) is 18.8 Å². The van der Waals surface area contributed by atoms with Crippen LogP contribution in [-0.2, 0) is 16.1 Å². The Bertz CT molecular complexity index is 1180. The number of para-hydroxylation sites is 1. The minimum atomic E-state index is -1.87. The predicted molar refractivity (Wildman–Crippen MR) is 139 cm³/mol. The molecule has 3 N–H and O–H groups in total. The van der Waals surface area contributed by atoms with E-state index in [9.17, 15) is 19.8 Å². The minimum Gasteiger partial charge on any atom is -0.497 e. The number of hydrogen-bond donors (Lipinski definition) is 3. The average Bonchev–Trinajstić information content (AvgIpc) is 2.96. The summed E-state index contributed by atoms with van der Waals surface area (Å²) in [5, 5.41) is 23.2. The lowest BCUT2D eigenvalue weighted by Crippen LogP contribution is -2.55. The van der Waals surface area contributed by atoms with Crippen LogP contribution in [0.15, 0.2) is 78.9 Å². The van der Waals surface area contributed by atoms with Crippen LogP contribution in [0, 0.1) is 0 Å². The van der Waals surface area contributed by atoms with Gasteiger partial charge in [0.2, 0.25) is 0 Å². The molecule has 37 heavy (non-hydrogen) atoms. The molecule has 0 spiro atoms. The summed E-state index contributed by atoms with van der Waals surface area (Å²) in [6, 6.07) is 24.1. The van der Waals surface area contributed by atoms with Crippen LogP contribution in [0.1, 0.15) is 5.56 Å². The van der Waals surface area contributed by atoms with Crippen molar-refractivity contribution in [1.29, 1.82) is 0 Å². The normalized spacial score (nSPS) is 15.0. The van der Waals surface area contributed by atoms with Crippen molar-refractivity contribution in [1.82, 2.24) is 10.2 Å². The molecule has 2 amide bonds. The highest BCUT2D eigenvalue weighted by atomic mass is 16.5. The zero-order valence-electron chi connectivity index (χ0n) is 20.6. The van der Waals surface area contributed by atoms with Gasteiger partial charge in [-0.15, -0.1) is 0 Å². The van der Waals surface area contributed by atoms with Crippen LogP contribution >= 0.6 is 0 Å². The number of methoxy groups -OCH3 is 1. The Kier molecular flexibility index (Phi) is 8.60. The van der Waals surface area contributed by atoms with Gasteiger partial charge in [0.05, 0.1) is 7.11 Å². The van der Waals surface area contributed by atoms with E-state index in [0.717, 1.165) is 11.3 Å². The number of nitrogens with zero attached hydrogens (tertiary/aromatic N) is 2. The quantitative estimate of drug-likeness (QED) is 0.409. The summed E-state index contributed by atoms with van der Waals surface area (Å²) >= 11 is 0. The van der Waals surface area contributed by atoms with Crippen LogP contribution in [-0.4, -0.2) is 72.4 Å². The number of rotatable bonds is 9. The molecule has 1 saturated heterocycles. The standard InChI is InChI=1S/C28H31N3O6/c1-36-23-8-5-9-24(18-23)37-22-12-10-20(11-13-22)19-29-27(34)25(32)26(33)28(35)31-16-14-30(15-17-31)21-6-3-2-4-7-21/h2-13,18,25-26,32-33H,14-17,19H2,1H3,(H,29,34)/t25-,26-/m1/s1. The predicted octanol–water partition coefficient (Wildman–Crippen LogP) is 2.17. The van der Waals surface area contributed by atoms with Gasteiger partial charge in [-0.2, -0.15) is 0 Å². The number of amides is 2. The molecular weight excluding hydrogens is 474 g/mol. The van der Waals surface area contributed by atoms with Gasteiger partial charge in [0.1, 0.15) is 17.2 Å². The summed E-state index contributed by atoms with van der Waals surface area (Å²) < 4.78 is 11.0. The first-order valence-corrected chi connectivity index (χ1v) is 12.1. The van der Waals surface area contributed by atoms with E-state index >= 15 is 0 Å². The molecule has 1 aliphatic rings. The van der Waals surface area contributed by atoms with Crippen molar-refractivity contribution in [2.24, 2.45) is 0 Å². The minimum absolute atomic E-state index is 0.117. The number of aliphatic hydroxyl groups is 2. The molecule has 3 aromatic carbocycles. The number of carbonyl (C=O) groups is 2. The van der Waals surface area contributed by atoms with Crippen molar-refractivity contribution < 1.29 is 29.3 Å². The molecule has 1 fully saturated rings. The van der Waals surface area contributed by atoms with Crippen molar-refractivity contribution in [3.63, 3.8) is 0 Å². The van der Waals surface area contributed by atoms with Crippen LogP contribution in [0.2, 0.25) is 0 Å². The van der Waals surface area contributed by atoms with Gasteiger partial charge < -0.3 is 34.8 Å². The molecule has 4 rings (SSSR count). The van der Waals surface area contributed by atoms with Gasteiger partial charge in [0.25, 0.3) is 11.8 Å². The van der Waals surface area contributed by atoms with Crippen molar-refractivity contribution >= 4 is 17.5 Å². The second-order valence-corrected chi connectivity index (χ2v) is 8.68. The molecule has 0 saturated carbocycles. The smallest absolute Gasteiger partial charge is 0.254 e. The molecule has 0 radical (unpaired) electrons. The third kappa shape index (κ3) is 6.78. The molecule has 0 bridgehead atoms. The van der Waals surface area contributed by atoms with Crippen LogP contribution in [0.5, 0.6) is 17.2 Å². The van der Waals surface area contributed by atoms with Gasteiger partial charge in [0.15, 0.2) is 12.2 Å². The van der Waals surface area contributed by atoms with Crippen LogP contribution in [0.25, 0.3) is 0 Å². The Hall–Kier alpha value is -4.08. The molecule has 9 nitrogen and oxygen atoms in total. The Morgan fingerprint density at radius 1 is 0.838 bits per heavy atom. The van der Waals surface area contributed by atoms with Crippen molar-refractivity contribution in [3.8, 4) is 17.2 Å². The number of benzene rings is 3. The fraction of sp³-hybridized carbons (Fsp3) is 0.286. The lowest BCUT2D eigenvalue weighted by Gasteiger charge is -2.37. The van der Waals surface area contributed by atoms with E-state index in [2.05, 4.69) is 10.2 Å². The summed E-state index contributed by atoms with van der Waals surface area (Å²) in [4.78, 5) is 28.7. The fourth-order valence-corrected chi connectivity index (χ4v) is 4.06. The first-order chi connectivity index (χ1) is 17.9. The summed E-state index contributed by atoms with van der Waals surface area (Å²) in [5.74, 6) is 0.445. The maximum absolute atomic E-state index is 12.7. The van der Waals surface area contributed by atoms with Gasteiger partial charge in [0, 0.05) is 44.5 Å². The van der Waals surface area contributed by atoms with Gasteiger partial charge >= 0.3 is 0 Å². The van der Waals surface area contributed by atoms with Crippen LogP contribution in [0.3, 0.4) is 0 Å². The Morgan fingerprint density at radius 3 is 2.19 bits per heavy atom. The Balaban J connectivity index is 1.23. The highest BCUT2D eigenvalue weighted by Gasteiger charge is 2.34. The zero-order valence-corrected chi connectivity index (χ0v) is 20.6. The number of anilines is 1. The maximum Gasteiger partial charge on any atom is 0.254 e. The van der Waals surface area contributed by atoms with Crippen LogP contribution < -0.4 is 19.7 Å². The molecule has 1 aliphatic heterocycles. The van der Waals surface area contributed by atoms with Crippen molar-refractivity contribution in [2.75, 3.05) is 38.2 Å². The Labute approximate surface area is 215 Å². The summed E-state index contributed by atoms with van der Waals surface area (Å²) in [6.07, 6.45) is -3.70. The second kappa shape index (κ2) is 12.2. The first-order valence-electron chi connectivity index (χ1n) is 12.1. The molecule has 0 aliphatic carbocycles. The van der Waals surface area contributed by atoms with E-state index in [1.54, 1.807) is 37.4 Å². The molecular formula is C28H31N3O6. The number of nitrogens with one attached hydrogen (secondary N) is 1. The first kappa shape index (κ1) is 26.0. The maximum atomic E-state index is 12.7. The highest BCUT2D eigenvalue weighted by Crippen LogP contribution is 2.25. The molecule has 9 heteroatoms. The summed E-state index contributed by atoms with van der Waals surface area (Å²) in [5.41, 5.74) is 1.82. The molecule has 194 valence electrons. The molecule has 0 unspecified atom stereocenters. The van der Waals surface area contributed by atoms with E-state index in [1.165, 1.54) is 4.90 Å². The van der Waals surface area contributed by atoms with Gasteiger partial charge in [-0.1, -0.05) is 36.4 Å². The Morgan fingerprint density at radius 2 is 1.51 bits per heavy atom. The fourth-order valence-electron chi connectivity index (χ4n) is 4.06. The second-order valence-electron chi connectivity index (χ2n) is 8.68. The van der Waals surface area contributed by atoms with Gasteiger partial charge in [-0.05, 0) is 42.0 Å². The molecule has 1 heterocycles. The summed E-state index contributed by atoms with van der Waals surface area (Å²) in [7, 11) is 1.58. The highest BCUT2D eigenvalue weighted by molar-refractivity contribution is 5.90. The van der Waals surface area contributed by atoms with Gasteiger partial charge in [-0.25, -0.2) is 0 Å². The van der Waals surface area contributed by atoms with E-state index in [-0.39, 0.29) is 6.54 Å².